The van der Waals surface area contributed by atoms with Gasteiger partial charge >= 0.3 is 11.9 Å². The smallest absolute Gasteiger partial charge is 0.352 e. The standard InChI is InChI=1S/C37H46N2O10/c1-35-13-10-21(40)16-20(35)4-6-24-26-11-14-37(47,36(26,2)18-28(41)32(24)35)29(42)19-49-31(44)9-8-30(43)38-15-12-23-25-17-22(48-3)5-7-27(25)39-33(23)34(45)46/h5,7,16-17,24,26,28,32,39,41,47H,4,6,8-15,18-19H2,1-3H3,(H,38,43)(H,45,46). The number of carbonyl (C=O) groups excluding carboxylic acids is 4. The van der Waals surface area contributed by atoms with E-state index in [0.717, 1.165) is 18.4 Å². The Kier molecular flexibility index (Phi) is 9.25. The molecule has 1 amide bonds. The first-order valence-electron chi connectivity index (χ1n) is 17.2. The minimum absolute atomic E-state index is 0.00288. The zero-order valence-electron chi connectivity index (χ0n) is 28.3. The van der Waals surface area contributed by atoms with Crippen LogP contribution in [0.1, 0.15) is 87.7 Å². The number of fused-ring (bicyclic) bond motifs is 6. The first-order valence-corrected chi connectivity index (χ1v) is 17.2. The van der Waals surface area contributed by atoms with Gasteiger partial charge in [0, 0.05) is 35.7 Å². The Morgan fingerprint density at radius 3 is 2.59 bits per heavy atom. The zero-order valence-corrected chi connectivity index (χ0v) is 28.3. The SMILES string of the molecule is COc1ccc2[nH]c(C(=O)O)c(CCNC(=O)CCC(=O)OCC(=O)C3(O)CCC4C5CCC6=CC(=O)CCC6(C)C5C(O)CC43C)c2c1. The van der Waals surface area contributed by atoms with Crippen LogP contribution in [0.5, 0.6) is 5.75 Å². The van der Waals surface area contributed by atoms with E-state index in [1.54, 1.807) is 24.3 Å². The highest BCUT2D eigenvalue weighted by Gasteiger charge is 2.68. The van der Waals surface area contributed by atoms with Crippen molar-refractivity contribution in [3.63, 3.8) is 0 Å². The topological polar surface area (TPSA) is 192 Å². The van der Waals surface area contributed by atoms with Crippen molar-refractivity contribution in [2.45, 2.75) is 89.8 Å². The highest BCUT2D eigenvalue weighted by molar-refractivity contribution is 5.98. The number of aromatic nitrogens is 1. The normalized spacial score (nSPS) is 32.0. The number of hydrogen-bond acceptors (Lipinski definition) is 9. The fourth-order valence-corrected chi connectivity index (χ4v) is 9.91. The summed E-state index contributed by atoms with van der Waals surface area (Å²) in [5.41, 5.74) is -0.650. The van der Waals surface area contributed by atoms with Crippen LogP contribution < -0.4 is 10.1 Å². The summed E-state index contributed by atoms with van der Waals surface area (Å²) in [6.07, 6.45) is 4.57. The van der Waals surface area contributed by atoms with Crippen LogP contribution in [0.2, 0.25) is 0 Å². The lowest BCUT2D eigenvalue weighted by Crippen LogP contribution is -2.62. The summed E-state index contributed by atoms with van der Waals surface area (Å²) < 4.78 is 10.5. The highest BCUT2D eigenvalue weighted by Crippen LogP contribution is 2.67. The van der Waals surface area contributed by atoms with Crippen LogP contribution in [0.15, 0.2) is 29.8 Å². The van der Waals surface area contributed by atoms with Gasteiger partial charge < -0.3 is 35.1 Å². The van der Waals surface area contributed by atoms with E-state index < -0.39 is 47.4 Å². The summed E-state index contributed by atoms with van der Waals surface area (Å²) in [5, 5.41) is 36.5. The lowest BCUT2D eigenvalue weighted by molar-refractivity contribution is -0.184. The molecule has 2 aromatic rings. The van der Waals surface area contributed by atoms with Gasteiger partial charge in [0.2, 0.25) is 11.7 Å². The van der Waals surface area contributed by atoms with Gasteiger partial charge in [-0.25, -0.2) is 4.79 Å². The molecule has 49 heavy (non-hydrogen) atoms. The fourth-order valence-electron chi connectivity index (χ4n) is 9.91. The molecule has 0 spiro atoms. The van der Waals surface area contributed by atoms with Crippen molar-refractivity contribution in [1.82, 2.24) is 10.3 Å². The van der Waals surface area contributed by atoms with Crippen LogP contribution in [0.25, 0.3) is 10.9 Å². The second-order valence-corrected chi connectivity index (χ2v) is 14.9. The number of methoxy groups -OCH3 is 1. The number of hydrogen-bond donors (Lipinski definition) is 5. The number of aliphatic hydroxyl groups excluding tert-OH is 1. The number of rotatable bonds is 11. The maximum Gasteiger partial charge on any atom is 0.352 e. The Labute approximate surface area is 284 Å². The molecule has 1 heterocycles. The number of benzene rings is 1. The Hall–Kier alpha value is -4.03. The van der Waals surface area contributed by atoms with Crippen LogP contribution in [0, 0.1) is 28.6 Å². The molecule has 5 N–H and O–H groups in total. The molecule has 3 fully saturated rings. The first-order chi connectivity index (χ1) is 23.2. The molecule has 4 aliphatic rings. The number of carboxylic acid groups (broad SMARTS) is 1. The highest BCUT2D eigenvalue weighted by atomic mass is 16.5. The molecule has 0 aliphatic heterocycles. The van der Waals surface area contributed by atoms with Crippen LogP contribution in [0.3, 0.4) is 0 Å². The molecular weight excluding hydrogens is 632 g/mol. The Bertz CT molecular complexity index is 1730. The molecule has 0 radical (unpaired) electrons. The number of amides is 1. The molecule has 0 saturated heterocycles. The third-order valence-corrected chi connectivity index (χ3v) is 12.5. The van der Waals surface area contributed by atoms with Gasteiger partial charge in [0.05, 0.1) is 19.6 Å². The monoisotopic (exact) mass is 678 g/mol. The zero-order chi connectivity index (χ0) is 35.3. The van der Waals surface area contributed by atoms with Gasteiger partial charge in [-0.1, -0.05) is 19.4 Å². The predicted octanol–water partition coefficient (Wildman–Crippen LogP) is 3.66. The minimum atomic E-state index is -1.76. The quantitative estimate of drug-likeness (QED) is 0.219. The van der Waals surface area contributed by atoms with Gasteiger partial charge in [-0.05, 0) is 98.0 Å². The summed E-state index contributed by atoms with van der Waals surface area (Å²) in [5.74, 6) is -2.16. The largest absolute Gasteiger partial charge is 0.497 e. The number of aromatic carboxylic acids is 1. The van der Waals surface area contributed by atoms with Crippen molar-refractivity contribution in [3.8, 4) is 5.75 Å². The molecule has 7 atom stereocenters. The van der Waals surface area contributed by atoms with Crippen molar-refractivity contribution in [2.24, 2.45) is 28.6 Å². The van der Waals surface area contributed by atoms with Gasteiger partial charge in [0.25, 0.3) is 0 Å². The lowest BCUT2D eigenvalue weighted by atomic mass is 9.45. The number of ketones is 2. The number of carboxylic acids is 1. The Morgan fingerprint density at radius 2 is 1.86 bits per heavy atom. The molecule has 12 heteroatoms. The lowest BCUT2D eigenvalue weighted by Gasteiger charge is -2.60. The molecule has 3 saturated carbocycles. The van der Waals surface area contributed by atoms with Gasteiger partial charge in [0.15, 0.2) is 12.4 Å². The molecule has 12 nitrogen and oxygen atoms in total. The maximum absolute atomic E-state index is 13.5. The number of carbonyl (C=O) groups is 5. The van der Waals surface area contributed by atoms with Crippen molar-refractivity contribution >= 4 is 40.3 Å². The Morgan fingerprint density at radius 1 is 1.08 bits per heavy atom. The van der Waals surface area contributed by atoms with Crippen LogP contribution in [-0.2, 0) is 30.3 Å². The average molecular weight is 679 g/mol. The van der Waals surface area contributed by atoms with E-state index in [9.17, 15) is 39.3 Å². The van der Waals surface area contributed by atoms with E-state index in [4.69, 9.17) is 9.47 Å². The van der Waals surface area contributed by atoms with Gasteiger partial charge in [-0.15, -0.1) is 0 Å². The number of aliphatic hydroxyl groups is 2. The summed E-state index contributed by atoms with van der Waals surface area (Å²) in [6.45, 7) is 3.53. The molecular formula is C37H46N2O10. The van der Waals surface area contributed by atoms with E-state index in [2.05, 4.69) is 17.2 Å². The number of Topliss-reactive ketones (excluding diaryl/α,β-unsaturated/α-hetero) is 1. The van der Waals surface area contributed by atoms with E-state index >= 15 is 0 Å². The van der Waals surface area contributed by atoms with Gasteiger partial charge in [-0.2, -0.15) is 0 Å². The van der Waals surface area contributed by atoms with Crippen LogP contribution >= 0.6 is 0 Å². The van der Waals surface area contributed by atoms with E-state index in [1.165, 1.54) is 7.11 Å². The molecule has 4 aliphatic carbocycles. The maximum atomic E-state index is 13.5. The van der Waals surface area contributed by atoms with Crippen LogP contribution in [0.4, 0.5) is 0 Å². The molecule has 1 aromatic carbocycles. The molecule has 264 valence electrons. The Balaban J connectivity index is 1.01. The summed E-state index contributed by atoms with van der Waals surface area (Å²) in [4.78, 5) is 65.5. The van der Waals surface area contributed by atoms with Crippen molar-refractivity contribution < 1.29 is 48.8 Å². The van der Waals surface area contributed by atoms with E-state index in [1.807, 2.05) is 6.92 Å². The predicted molar refractivity (Wildman–Crippen MR) is 177 cm³/mol. The molecule has 1 aromatic heterocycles. The van der Waals surface area contributed by atoms with E-state index in [-0.39, 0.29) is 73.3 Å². The summed E-state index contributed by atoms with van der Waals surface area (Å²) >= 11 is 0. The van der Waals surface area contributed by atoms with Crippen molar-refractivity contribution in [1.29, 1.82) is 0 Å². The minimum Gasteiger partial charge on any atom is -0.497 e. The van der Waals surface area contributed by atoms with Crippen molar-refractivity contribution in [3.05, 3.63) is 41.1 Å². The number of allylic oxidation sites excluding steroid dienone is 1. The van der Waals surface area contributed by atoms with Crippen LogP contribution in [-0.4, -0.2) is 81.7 Å². The number of ether oxygens (including phenoxy) is 2. The molecule has 0 bridgehead atoms. The number of esters is 1. The first kappa shape index (κ1) is 34.8. The third-order valence-electron chi connectivity index (χ3n) is 12.5. The average Bonchev–Trinajstić information content (AvgIpc) is 3.56. The van der Waals surface area contributed by atoms with Gasteiger partial charge in [0.1, 0.15) is 17.0 Å². The summed E-state index contributed by atoms with van der Waals surface area (Å²) in [7, 11) is 1.51. The van der Waals surface area contributed by atoms with Gasteiger partial charge in [-0.3, -0.25) is 19.2 Å². The number of aromatic amines is 1. The molecule has 7 unspecified atom stereocenters. The second-order valence-electron chi connectivity index (χ2n) is 14.9. The fraction of sp³-hybridized carbons (Fsp3) is 0.595. The number of nitrogens with one attached hydrogen (secondary N) is 2. The summed E-state index contributed by atoms with van der Waals surface area (Å²) in [6, 6.07) is 5.17. The number of H-pyrrole nitrogens is 1. The third kappa shape index (κ3) is 5.96. The second kappa shape index (κ2) is 13.0. The van der Waals surface area contributed by atoms with Crippen molar-refractivity contribution in [2.75, 3.05) is 20.3 Å². The molecule has 6 rings (SSSR count). The van der Waals surface area contributed by atoms with E-state index in [0.29, 0.717) is 41.5 Å².